The lowest BCUT2D eigenvalue weighted by Gasteiger charge is -2.21. The summed E-state index contributed by atoms with van der Waals surface area (Å²) in [5.74, 6) is -0.112. The van der Waals surface area contributed by atoms with E-state index in [1.54, 1.807) is 6.33 Å². The van der Waals surface area contributed by atoms with Crippen LogP contribution in [0.15, 0.2) is 42.9 Å². The van der Waals surface area contributed by atoms with Gasteiger partial charge in [0.1, 0.15) is 0 Å². The molecule has 2 bridgehead atoms. The van der Waals surface area contributed by atoms with Crippen LogP contribution in [0.4, 0.5) is 0 Å². The van der Waals surface area contributed by atoms with Crippen LogP contribution in [-0.2, 0) is 22.5 Å². The van der Waals surface area contributed by atoms with Crippen molar-refractivity contribution in [1.29, 1.82) is 0 Å². The molecule has 4 rings (SSSR count). The minimum absolute atomic E-state index is 0. The van der Waals surface area contributed by atoms with Gasteiger partial charge in [0.15, 0.2) is 0 Å². The van der Waals surface area contributed by atoms with Crippen molar-refractivity contribution < 1.29 is 9.53 Å². The lowest BCUT2D eigenvalue weighted by Crippen LogP contribution is -2.49. The highest BCUT2D eigenvalue weighted by molar-refractivity contribution is 5.85. The third-order valence-electron chi connectivity index (χ3n) is 5.09. The summed E-state index contributed by atoms with van der Waals surface area (Å²) in [6, 6.07) is 9.74. The van der Waals surface area contributed by atoms with Crippen LogP contribution in [-0.4, -0.2) is 39.7 Å². The van der Waals surface area contributed by atoms with Crippen LogP contribution < -0.4 is 11.1 Å². The molecule has 0 aliphatic carbocycles. The first-order chi connectivity index (χ1) is 12.2. The summed E-state index contributed by atoms with van der Waals surface area (Å²) in [4.78, 5) is 16.7. The molecule has 4 atom stereocenters. The first kappa shape index (κ1) is 21.7. The van der Waals surface area contributed by atoms with Crippen LogP contribution in [0.1, 0.15) is 30.5 Å². The largest absolute Gasteiger partial charge is 0.373 e. The predicted molar refractivity (Wildman–Crippen MR) is 108 cm³/mol. The zero-order chi connectivity index (χ0) is 17.2. The monoisotopic (exact) mass is 412 g/mol. The maximum absolute atomic E-state index is 12.4. The number of imidazole rings is 1. The molecule has 2 aliphatic heterocycles. The number of nitrogens with zero attached hydrogens (tertiary/aromatic N) is 2. The Balaban J connectivity index is 0.00000131. The van der Waals surface area contributed by atoms with Gasteiger partial charge in [0.2, 0.25) is 5.91 Å². The number of amides is 1. The Hall–Kier alpha value is -1.60. The van der Waals surface area contributed by atoms with Gasteiger partial charge in [0.25, 0.3) is 0 Å². The van der Waals surface area contributed by atoms with Crippen LogP contribution in [0.3, 0.4) is 0 Å². The Morgan fingerprint density at radius 2 is 2.07 bits per heavy atom. The molecule has 3 N–H and O–H groups in total. The van der Waals surface area contributed by atoms with Crippen molar-refractivity contribution in [2.45, 2.75) is 56.5 Å². The number of ether oxygens (including phenoxy) is 1. The second-order valence-electron chi connectivity index (χ2n) is 7.06. The Morgan fingerprint density at radius 1 is 1.30 bits per heavy atom. The molecule has 27 heavy (non-hydrogen) atoms. The Kier molecular flexibility index (Phi) is 7.68. The van der Waals surface area contributed by atoms with E-state index in [0.29, 0.717) is 12.5 Å². The molecule has 0 unspecified atom stereocenters. The van der Waals surface area contributed by atoms with Gasteiger partial charge in [-0.2, -0.15) is 0 Å². The first-order valence-corrected chi connectivity index (χ1v) is 8.93. The molecule has 1 amide bonds. The smallest absolute Gasteiger partial charge is 0.237 e. The van der Waals surface area contributed by atoms with Crippen LogP contribution in [0.25, 0.3) is 0 Å². The number of carbonyl (C=O) groups excluding carboxylic acids is 1. The number of fused-ring (bicyclic) bond motifs is 2. The summed E-state index contributed by atoms with van der Waals surface area (Å²) in [5, 5.41) is 3.05. The maximum atomic E-state index is 12.4. The summed E-state index contributed by atoms with van der Waals surface area (Å²) in [6.07, 6.45) is 7.74. The molecule has 2 aliphatic rings. The molecular weight excluding hydrogens is 387 g/mol. The zero-order valence-corrected chi connectivity index (χ0v) is 16.6. The van der Waals surface area contributed by atoms with E-state index in [9.17, 15) is 4.79 Å². The molecule has 1 aromatic heterocycles. The molecular formula is C19H26Cl2N4O2. The van der Waals surface area contributed by atoms with Crippen molar-refractivity contribution in [2.24, 2.45) is 5.73 Å². The summed E-state index contributed by atoms with van der Waals surface area (Å²) in [6.45, 7) is 0.762. The van der Waals surface area contributed by atoms with E-state index >= 15 is 0 Å². The van der Waals surface area contributed by atoms with Gasteiger partial charge in [-0.1, -0.05) is 30.3 Å². The fourth-order valence-electron chi connectivity index (χ4n) is 3.79. The van der Waals surface area contributed by atoms with Crippen molar-refractivity contribution in [3.05, 3.63) is 54.1 Å². The van der Waals surface area contributed by atoms with Crippen molar-refractivity contribution >= 4 is 30.7 Å². The van der Waals surface area contributed by atoms with Crippen molar-refractivity contribution in [1.82, 2.24) is 14.9 Å². The molecule has 0 spiro atoms. The van der Waals surface area contributed by atoms with Gasteiger partial charge >= 0.3 is 0 Å². The quantitative estimate of drug-likeness (QED) is 0.760. The van der Waals surface area contributed by atoms with Gasteiger partial charge in [-0.15, -0.1) is 24.8 Å². The number of hydrogen-bond donors (Lipinski definition) is 2. The Labute approximate surface area is 171 Å². The van der Waals surface area contributed by atoms with Gasteiger partial charge in [0.05, 0.1) is 36.3 Å². The van der Waals surface area contributed by atoms with E-state index in [0.717, 1.165) is 31.5 Å². The van der Waals surface area contributed by atoms with E-state index in [2.05, 4.69) is 22.4 Å². The number of rotatable bonds is 6. The number of nitrogens with two attached hydrogens (primary N) is 1. The van der Waals surface area contributed by atoms with Gasteiger partial charge in [-0.05, 0) is 24.8 Å². The van der Waals surface area contributed by atoms with Gasteiger partial charge in [-0.3, -0.25) is 4.79 Å². The predicted octanol–water partition coefficient (Wildman–Crippen LogP) is 2.08. The summed E-state index contributed by atoms with van der Waals surface area (Å²) >= 11 is 0. The van der Waals surface area contributed by atoms with Crippen LogP contribution in [0.2, 0.25) is 0 Å². The second kappa shape index (κ2) is 9.55. The molecule has 0 radical (unpaired) electrons. The average molecular weight is 413 g/mol. The van der Waals surface area contributed by atoms with Gasteiger partial charge < -0.3 is 20.4 Å². The minimum Gasteiger partial charge on any atom is -0.373 e. The van der Waals surface area contributed by atoms with Crippen LogP contribution >= 0.6 is 24.8 Å². The summed E-state index contributed by atoms with van der Waals surface area (Å²) < 4.78 is 7.79. The molecule has 1 aromatic carbocycles. The van der Waals surface area contributed by atoms with E-state index in [-0.39, 0.29) is 42.9 Å². The Morgan fingerprint density at radius 3 is 2.74 bits per heavy atom. The lowest BCUT2D eigenvalue weighted by molar-refractivity contribution is -0.123. The van der Waals surface area contributed by atoms with E-state index < -0.39 is 6.04 Å². The van der Waals surface area contributed by atoms with E-state index in [1.165, 1.54) is 5.56 Å². The number of benzene rings is 1. The Bertz CT molecular complexity index is 740. The lowest BCUT2D eigenvalue weighted by atomic mass is 9.95. The molecule has 6 nitrogen and oxygen atoms in total. The SMILES string of the molecule is Cl.Cl.N[C@@H](Cc1cn(Cc2ccccc2)cn1)C(=O)N[C@@H]1C[C@H]2CC[C@@H]1O2. The van der Waals surface area contributed by atoms with Crippen molar-refractivity contribution in [3.63, 3.8) is 0 Å². The zero-order valence-electron chi connectivity index (χ0n) is 15.0. The van der Waals surface area contributed by atoms with Gasteiger partial charge in [-0.25, -0.2) is 4.98 Å². The molecule has 2 aromatic rings. The molecule has 3 heterocycles. The fraction of sp³-hybridized carbons (Fsp3) is 0.474. The van der Waals surface area contributed by atoms with Crippen LogP contribution in [0, 0.1) is 0 Å². The molecule has 148 valence electrons. The minimum atomic E-state index is -0.584. The highest BCUT2D eigenvalue weighted by atomic mass is 35.5. The standard InChI is InChI=1S/C19H24N4O2.2ClH/c20-16(19(24)22-17-9-15-6-7-18(17)25-15)8-14-11-23(12-21-14)10-13-4-2-1-3-5-13;;/h1-5,11-12,15-18H,6-10,20H2,(H,22,24);2*1H/t15-,16+,17-,18+;;/m1../s1. The van der Waals surface area contributed by atoms with Crippen LogP contribution in [0.5, 0.6) is 0 Å². The number of hydrogen-bond acceptors (Lipinski definition) is 4. The van der Waals surface area contributed by atoms with E-state index in [4.69, 9.17) is 10.5 Å². The summed E-state index contributed by atoms with van der Waals surface area (Å²) in [7, 11) is 0. The van der Waals surface area contributed by atoms with Crippen molar-refractivity contribution in [2.75, 3.05) is 0 Å². The van der Waals surface area contributed by atoms with E-state index in [1.807, 2.05) is 29.0 Å². The number of halogens is 2. The molecule has 2 fully saturated rings. The highest BCUT2D eigenvalue weighted by Crippen LogP contribution is 2.34. The molecule has 2 saturated heterocycles. The van der Waals surface area contributed by atoms with Crippen molar-refractivity contribution in [3.8, 4) is 0 Å². The first-order valence-electron chi connectivity index (χ1n) is 8.93. The third kappa shape index (κ3) is 5.23. The normalized spacial score (nSPS) is 24.0. The topological polar surface area (TPSA) is 82.2 Å². The number of carbonyl (C=O) groups is 1. The summed E-state index contributed by atoms with van der Waals surface area (Å²) in [5.41, 5.74) is 8.13. The molecule has 8 heteroatoms. The number of aromatic nitrogens is 2. The average Bonchev–Trinajstić information content (AvgIpc) is 3.33. The maximum Gasteiger partial charge on any atom is 0.237 e. The highest BCUT2D eigenvalue weighted by Gasteiger charge is 2.41. The molecule has 0 saturated carbocycles. The number of nitrogens with one attached hydrogen (secondary N) is 1. The second-order valence-corrected chi connectivity index (χ2v) is 7.06. The third-order valence-corrected chi connectivity index (χ3v) is 5.09. The van der Waals surface area contributed by atoms with Gasteiger partial charge in [0, 0.05) is 19.2 Å². The fourth-order valence-corrected chi connectivity index (χ4v) is 3.79.